The first-order chi connectivity index (χ1) is 8.34. The van der Waals surface area contributed by atoms with Crippen molar-refractivity contribution >= 4 is 23.4 Å². The number of nitrogens with zero attached hydrogens (tertiary/aromatic N) is 3. The van der Waals surface area contributed by atoms with Gasteiger partial charge in [0.25, 0.3) is 0 Å². The first kappa shape index (κ1) is 10.2. The normalized spacial score (nSPS) is 10.8. The highest BCUT2D eigenvalue weighted by Gasteiger charge is 2.07. The van der Waals surface area contributed by atoms with Crippen molar-refractivity contribution in [1.29, 1.82) is 0 Å². The molecule has 84 valence electrons. The first-order valence-corrected chi connectivity index (χ1v) is 5.97. The van der Waals surface area contributed by atoms with E-state index in [0.717, 1.165) is 15.4 Å². The van der Waals surface area contributed by atoms with Crippen molar-refractivity contribution in [2.45, 2.75) is 9.79 Å². The van der Waals surface area contributed by atoms with Gasteiger partial charge >= 0.3 is 0 Å². The number of imidazole rings is 1. The van der Waals surface area contributed by atoms with Gasteiger partial charge in [-0.25, -0.2) is 9.97 Å². The Morgan fingerprint density at radius 3 is 2.76 bits per heavy atom. The van der Waals surface area contributed by atoms with Crippen LogP contribution in [0.1, 0.15) is 0 Å². The van der Waals surface area contributed by atoms with Crippen molar-refractivity contribution < 1.29 is 0 Å². The van der Waals surface area contributed by atoms with Crippen LogP contribution in [0.5, 0.6) is 0 Å². The van der Waals surface area contributed by atoms with Gasteiger partial charge in [-0.15, -0.1) is 0 Å². The van der Waals surface area contributed by atoms with Crippen molar-refractivity contribution in [3.8, 4) is 0 Å². The fraction of sp³-hybridized carbons (Fsp3) is 0. The summed E-state index contributed by atoms with van der Waals surface area (Å²) in [5.41, 5.74) is 6.60. The molecule has 0 bridgehead atoms. The molecule has 4 nitrogen and oxygen atoms in total. The number of rotatable bonds is 2. The average molecular weight is 242 g/mol. The lowest BCUT2D eigenvalue weighted by Crippen LogP contribution is -1.99. The molecule has 0 saturated carbocycles. The van der Waals surface area contributed by atoms with Crippen LogP contribution >= 0.6 is 11.8 Å². The van der Waals surface area contributed by atoms with Gasteiger partial charge in [0.2, 0.25) is 5.95 Å². The van der Waals surface area contributed by atoms with Gasteiger partial charge in [-0.2, -0.15) is 0 Å². The average Bonchev–Trinajstić information content (AvgIpc) is 2.84. The summed E-state index contributed by atoms with van der Waals surface area (Å²) in [6.45, 7) is 0. The van der Waals surface area contributed by atoms with Crippen LogP contribution in [0.3, 0.4) is 0 Å². The minimum atomic E-state index is 0.454. The van der Waals surface area contributed by atoms with Crippen LogP contribution in [0.15, 0.2) is 58.7 Å². The molecule has 3 rings (SSSR count). The van der Waals surface area contributed by atoms with Gasteiger partial charge in [-0.1, -0.05) is 30.0 Å². The van der Waals surface area contributed by atoms with E-state index in [1.54, 1.807) is 28.6 Å². The Kier molecular flexibility index (Phi) is 2.45. The van der Waals surface area contributed by atoms with E-state index in [9.17, 15) is 0 Å². The molecule has 0 aliphatic carbocycles. The monoisotopic (exact) mass is 242 g/mol. The molecule has 1 aromatic carbocycles. The predicted molar refractivity (Wildman–Crippen MR) is 68.0 cm³/mol. The molecular formula is C12H10N4S. The third kappa shape index (κ3) is 1.85. The third-order valence-corrected chi connectivity index (χ3v) is 3.41. The zero-order valence-corrected chi connectivity index (χ0v) is 9.76. The van der Waals surface area contributed by atoms with Gasteiger partial charge in [0.15, 0.2) is 5.65 Å². The molecule has 17 heavy (non-hydrogen) atoms. The Hall–Kier alpha value is -2.01. The minimum Gasteiger partial charge on any atom is -0.369 e. The molecule has 0 spiro atoms. The first-order valence-electron chi connectivity index (χ1n) is 5.15. The molecule has 2 aromatic heterocycles. The number of nitrogens with two attached hydrogens (primary N) is 1. The summed E-state index contributed by atoms with van der Waals surface area (Å²) in [4.78, 5) is 10.6. The molecular weight excluding hydrogens is 232 g/mol. The Morgan fingerprint density at radius 1 is 1.12 bits per heavy atom. The lowest BCUT2D eigenvalue weighted by atomic mass is 10.4. The number of aromatic nitrogens is 3. The van der Waals surface area contributed by atoms with E-state index in [0.29, 0.717) is 5.95 Å². The molecule has 3 aromatic rings. The maximum Gasteiger partial charge on any atom is 0.206 e. The van der Waals surface area contributed by atoms with Crippen LogP contribution in [0.25, 0.3) is 5.65 Å². The molecule has 0 aliphatic heterocycles. The highest BCUT2D eigenvalue weighted by molar-refractivity contribution is 7.99. The Bertz CT molecular complexity index is 648. The summed E-state index contributed by atoms with van der Waals surface area (Å²) < 4.78 is 1.78. The van der Waals surface area contributed by atoms with Crippen molar-refractivity contribution in [3.05, 3.63) is 48.9 Å². The largest absolute Gasteiger partial charge is 0.369 e. The maximum absolute atomic E-state index is 5.77. The van der Waals surface area contributed by atoms with E-state index in [1.807, 2.05) is 24.4 Å². The highest BCUT2D eigenvalue weighted by atomic mass is 32.2. The van der Waals surface area contributed by atoms with Gasteiger partial charge in [0.1, 0.15) is 0 Å². The van der Waals surface area contributed by atoms with Gasteiger partial charge in [-0.3, -0.25) is 4.40 Å². The molecule has 0 unspecified atom stereocenters. The summed E-state index contributed by atoms with van der Waals surface area (Å²) >= 11 is 1.63. The Morgan fingerprint density at radius 2 is 1.94 bits per heavy atom. The lowest BCUT2D eigenvalue weighted by molar-refractivity contribution is 1.06. The number of nitrogen functional groups attached to an aromatic ring is 1. The summed E-state index contributed by atoms with van der Waals surface area (Å²) in [6.07, 6.45) is 5.30. The molecule has 5 heteroatoms. The van der Waals surface area contributed by atoms with E-state index in [4.69, 9.17) is 5.73 Å². The van der Waals surface area contributed by atoms with Crippen molar-refractivity contribution in [1.82, 2.24) is 14.4 Å². The maximum atomic E-state index is 5.77. The molecule has 2 N–H and O–H groups in total. The van der Waals surface area contributed by atoms with Crippen LogP contribution < -0.4 is 5.73 Å². The van der Waals surface area contributed by atoms with E-state index < -0.39 is 0 Å². The number of benzene rings is 1. The van der Waals surface area contributed by atoms with E-state index >= 15 is 0 Å². The molecule has 0 amide bonds. The van der Waals surface area contributed by atoms with Crippen LogP contribution in [0, 0.1) is 0 Å². The Labute approximate surface area is 103 Å². The summed E-state index contributed by atoms with van der Waals surface area (Å²) in [5, 5.41) is 0. The predicted octanol–water partition coefficient (Wildman–Crippen LogP) is 2.46. The molecule has 0 aliphatic rings. The van der Waals surface area contributed by atoms with Crippen LogP contribution in [-0.4, -0.2) is 14.4 Å². The van der Waals surface area contributed by atoms with Crippen LogP contribution in [0.4, 0.5) is 5.95 Å². The quantitative estimate of drug-likeness (QED) is 0.750. The number of hydrogen-bond donors (Lipinski definition) is 1. The van der Waals surface area contributed by atoms with E-state index in [-0.39, 0.29) is 0 Å². The zero-order chi connectivity index (χ0) is 11.7. The highest BCUT2D eigenvalue weighted by Crippen LogP contribution is 2.30. The Balaban J connectivity index is 2.07. The second-order valence-electron chi connectivity index (χ2n) is 3.52. The van der Waals surface area contributed by atoms with Gasteiger partial charge in [0, 0.05) is 23.5 Å². The van der Waals surface area contributed by atoms with Gasteiger partial charge in [0.05, 0.1) is 4.90 Å². The van der Waals surface area contributed by atoms with E-state index in [2.05, 4.69) is 22.1 Å². The van der Waals surface area contributed by atoms with Crippen LogP contribution in [-0.2, 0) is 0 Å². The zero-order valence-electron chi connectivity index (χ0n) is 8.95. The van der Waals surface area contributed by atoms with Gasteiger partial charge in [-0.05, 0) is 12.1 Å². The second kappa shape index (κ2) is 4.10. The smallest absolute Gasteiger partial charge is 0.206 e. The van der Waals surface area contributed by atoms with Crippen molar-refractivity contribution in [2.24, 2.45) is 0 Å². The van der Waals surface area contributed by atoms with E-state index in [1.165, 1.54) is 0 Å². The second-order valence-corrected chi connectivity index (χ2v) is 4.63. The summed E-state index contributed by atoms with van der Waals surface area (Å²) in [6, 6.07) is 10.1. The third-order valence-electron chi connectivity index (χ3n) is 2.39. The molecule has 0 saturated heterocycles. The van der Waals surface area contributed by atoms with Crippen molar-refractivity contribution in [3.63, 3.8) is 0 Å². The summed E-state index contributed by atoms with van der Waals surface area (Å²) in [5.74, 6) is 0.454. The topological polar surface area (TPSA) is 56.2 Å². The number of hydrogen-bond acceptors (Lipinski definition) is 4. The molecule has 0 atom stereocenters. The van der Waals surface area contributed by atoms with Gasteiger partial charge < -0.3 is 5.73 Å². The molecule has 2 heterocycles. The standard InChI is InChI=1S/C12H10N4S/c13-12-15-8-10(11-14-6-7-16(11)12)17-9-4-2-1-3-5-9/h1-8H,(H2,13,15). The van der Waals surface area contributed by atoms with Crippen LogP contribution in [0.2, 0.25) is 0 Å². The minimum absolute atomic E-state index is 0.454. The molecule has 0 radical (unpaired) electrons. The fourth-order valence-corrected chi connectivity index (χ4v) is 2.50. The number of anilines is 1. The number of fused-ring (bicyclic) bond motifs is 1. The molecule has 0 fully saturated rings. The summed E-state index contributed by atoms with van der Waals surface area (Å²) in [7, 11) is 0. The lowest BCUT2D eigenvalue weighted by Gasteiger charge is -2.04. The fourth-order valence-electron chi connectivity index (χ4n) is 1.60. The van der Waals surface area contributed by atoms with Crippen molar-refractivity contribution in [2.75, 3.05) is 5.73 Å². The SMILES string of the molecule is Nc1ncc(Sc2ccccc2)c2nccn12.